The molecule has 0 bridgehead atoms. The van der Waals surface area contributed by atoms with Gasteiger partial charge >= 0.3 is 0 Å². The van der Waals surface area contributed by atoms with Crippen LogP contribution in [-0.4, -0.2) is 35.6 Å². The quantitative estimate of drug-likeness (QED) is 0.651. The summed E-state index contributed by atoms with van der Waals surface area (Å²) in [5.41, 5.74) is 3.22. The highest BCUT2D eigenvalue weighted by atomic mass is 19.3. The van der Waals surface area contributed by atoms with Gasteiger partial charge in [-0.1, -0.05) is 19.9 Å². The number of nitrogens with zero attached hydrogens (tertiary/aromatic N) is 2. The van der Waals surface area contributed by atoms with E-state index in [4.69, 9.17) is 0 Å². The fraction of sp³-hybridized carbons (Fsp3) is 0.409. The molecule has 1 fully saturated rings. The lowest BCUT2D eigenvalue weighted by atomic mass is 9.98. The van der Waals surface area contributed by atoms with Crippen LogP contribution in [0.2, 0.25) is 0 Å². The predicted molar refractivity (Wildman–Crippen MR) is 110 cm³/mol. The zero-order chi connectivity index (χ0) is 19.7. The number of hydrogen-bond donors (Lipinski definition) is 2. The minimum absolute atomic E-state index is 0.100. The molecule has 1 unspecified atom stereocenters. The first kappa shape index (κ1) is 18.9. The Morgan fingerprint density at radius 1 is 1.21 bits per heavy atom. The fourth-order valence-corrected chi connectivity index (χ4v) is 4.17. The smallest absolute Gasteiger partial charge is 0.265 e. The van der Waals surface area contributed by atoms with Crippen molar-refractivity contribution in [3.05, 3.63) is 48.3 Å². The summed E-state index contributed by atoms with van der Waals surface area (Å²) in [5.74, 6) is 0.574. The van der Waals surface area contributed by atoms with E-state index in [-0.39, 0.29) is 5.56 Å². The number of aromatic nitrogens is 2. The average Bonchev–Trinajstić information content (AvgIpc) is 3.16. The van der Waals surface area contributed by atoms with Gasteiger partial charge in [0.1, 0.15) is 5.65 Å². The van der Waals surface area contributed by atoms with Crippen LogP contribution in [0.4, 0.5) is 14.5 Å². The van der Waals surface area contributed by atoms with Crippen LogP contribution < -0.4 is 10.2 Å². The molecular formula is C22H26F2N4. The van der Waals surface area contributed by atoms with Crippen LogP contribution in [0.1, 0.15) is 32.3 Å². The highest BCUT2D eigenvalue weighted by molar-refractivity contribution is 5.93. The van der Waals surface area contributed by atoms with Gasteiger partial charge in [-0.05, 0) is 47.7 Å². The monoisotopic (exact) mass is 384 g/mol. The van der Waals surface area contributed by atoms with Gasteiger partial charge in [0.05, 0.1) is 0 Å². The Labute approximate surface area is 164 Å². The number of anilines is 1. The SMILES string of the molecule is CC(C)CC1CN(c2ccc(-c3ccnc4[nH]ccc34)cc2C(F)F)CCN1. The number of rotatable bonds is 5. The van der Waals surface area contributed by atoms with E-state index in [1.54, 1.807) is 12.3 Å². The maximum Gasteiger partial charge on any atom is 0.265 e. The Morgan fingerprint density at radius 2 is 2.07 bits per heavy atom. The summed E-state index contributed by atoms with van der Waals surface area (Å²) < 4.78 is 28.0. The van der Waals surface area contributed by atoms with Crippen LogP contribution in [0.3, 0.4) is 0 Å². The van der Waals surface area contributed by atoms with E-state index in [1.807, 2.05) is 30.5 Å². The molecule has 6 heteroatoms. The number of piperazine rings is 1. The zero-order valence-electron chi connectivity index (χ0n) is 16.3. The molecule has 1 atom stereocenters. The molecule has 4 rings (SSSR count). The van der Waals surface area contributed by atoms with E-state index in [0.29, 0.717) is 17.6 Å². The number of benzene rings is 1. The third-order valence-electron chi connectivity index (χ3n) is 5.39. The van der Waals surface area contributed by atoms with Gasteiger partial charge in [-0.25, -0.2) is 13.8 Å². The van der Waals surface area contributed by atoms with Crippen LogP contribution in [0.25, 0.3) is 22.2 Å². The van der Waals surface area contributed by atoms with E-state index in [0.717, 1.165) is 48.2 Å². The zero-order valence-corrected chi connectivity index (χ0v) is 16.3. The fourth-order valence-electron chi connectivity index (χ4n) is 4.17. The first-order valence-corrected chi connectivity index (χ1v) is 9.86. The summed E-state index contributed by atoms with van der Waals surface area (Å²) in [7, 11) is 0. The minimum Gasteiger partial charge on any atom is -0.368 e. The van der Waals surface area contributed by atoms with Gasteiger partial charge in [-0.3, -0.25) is 0 Å². The molecule has 0 aliphatic carbocycles. The molecule has 0 spiro atoms. The summed E-state index contributed by atoms with van der Waals surface area (Å²) in [4.78, 5) is 9.47. The van der Waals surface area contributed by atoms with E-state index < -0.39 is 6.43 Å². The number of halogens is 2. The lowest BCUT2D eigenvalue weighted by Gasteiger charge is -2.37. The molecule has 2 aromatic heterocycles. The molecule has 1 aliphatic rings. The minimum atomic E-state index is -2.52. The maximum atomic E-state index is 14.0. The molecule has 3 aromatic rings. The molecule has 0 saturated carbocycles. The summed E-state index contributed by atoms with van der Waals surface area (Å²) >= 11 is 0. The molecule has 4 nitrogen and oxygen atoms in total. The summed E-state index contributed by atoms with van der Waals surface area (Å²) in [6.45, 7) is 6.70. The lowest BCUT2D eigenvalue weighted by Crippen LogP contribution is -2.51. The lowest BCUT2D eigenvalue weighted by molar-refractivity contribution is 0.151. The first-order valence-electron chi connectivity index (χ1n) is 9.86. The van der Waals surface area contributed by atoms with Crippen molar-refractivity contribution in [1.29, 1.82) is 0 Å². The Hall–Kier alpha value is -2.47. The number of pyridine rings is 1. The second-order valence-corrected chi connectivity index (χ2v) is 7.90. The Bertz CT molecular complexity index is 951. The Balaban J connectivity index is 1.69. The van der Waals surface area contributed by atoms with Crippen molar-refractivity contribution in [3.8, 4) is 11.1 Å². The Kier molecular flexibility index (Phi) is 5.31. The second-order valence-electron chi connectivity index (χ2n) is 7.90. The molecule has 2 N–H and O–H groups in total. The average molecular weight is 384 g/mol. The second kappa shape index (κ2) is 7.87. The van der Waals surface area contributed by atoms with Gasteiger partial charge in [-0.15, -0.1) is 0 Å². The van der Waals surface area contributed by atoms with E-state index >= 15 is 0 Å². The molecule has 3 heterocycles. The van der Waals surface area contributed by atoms with Crippen molar-refractivity contribution in [2.75, 3.05) is 24.5 Å². The highest BCUT2D eigenvalue weighted by Crippen LogP contribution is 2.36. The largest absolute Gasteiger partial charge is 0.368 e. The van der Waals surface area contributed by atoms with Crippen molar-refractivity contribution in [1.82, 2.24) is 15.3 Å². The van der Waals surface area contributed by atoms with Crippen molar-refractivity contribution in [3.63, 3.8) is 0 Å². The Morgan fingerprint density at radius 3 is 2.86 bits per heavy atom. The highest BCUT2D eigenvalue weighted by Gasteiger charge is 2.25. The molecule has 148 valence electrons. The van der Waals surface area contributed by atoms with Crippen LogP contribution in [-0.2, 0) is 0 Å². The third-order valence-corrected chi connectivity index (χ3v) is 5.39. The summed E-state index contributed by atoms with van der Waals surface area (Å²) in [5, 5.41) is 4.45. The number of hydrogen-bond acceptors (Lipinski definition) is 3. The number of nitrogens with one attached hydrogen (secondary N) is 2. The van der Waals surface area contributed by atoms with Crippen LogP contribution in [0.15, 0.2) is 42.7 Å². The predicted octanol–water partition coefficient (Wildman–Crippen LogP) is 4.99. The van der Waals surface area contributed by atoms with Gasteiger partial charge in [-0.2, -0.15) is 0 Å². The van der Waals surface area contributed by atoms with Crippen LogP contribution >= 0.6 is 0 Å². The molecule has 0 radical (unpaired) electrons. The van der Waals surface area contributed by atoms with E-state index in [1.165, 1.54) is 0 Å². The molecule has 1 aliphatic heterocycles. The molecule has 1 aromatic carbocycles. The topological polar surface area (TPSA) is 44.0 Å². The molecular weight excluding hydrogens is 358 g/mol. The first-order chi connectivity index (χ1) is 13.5. The molecule has 1 saturated heterocycles. The van der Waals surface area contributed by atoms with Crippen molar-refractivity contribution in [2.24, 2.45) is 5.92 Å². The van der Waals surface area contributed by atoms with E-state index in [9.17, 15) is 8.78 Å². The van der Waals surface area contributed by atoms with Crippen molar-refractivity contribution < 1.29 is 8.78 Å². The molecule has 0 amide bonds. The standard InChI is InChI=1S/C22H26F2N4/c1-14(2)11-16-13-28(10-9-25-16)20-4-3-15(12-19(20)21(23)24)17-5-7-26-22-18(17)6-8-27-22/h3-8,12,14,16,21,25H,9-11,13H2,1-2H3,(H,26,27). The van der Waals surface area contributed by atoms with Gasteiger partial charge in [0.2, 0.25) is 0 Å². The van der Waals surface area contributed by atoms with Crippen molar-refractivity contribution >= 4 is 16.7 Å². The number of aromatic amines is 1. The van der Waals surface area contributed by atoms with Gasteiger partial charge < -0.3 is 15.2 Å². The maximum absolute atomic E-state index is 14.0. The van der Waals surface area contributed by atoms with Gasteiger partial charge in [0, 0.05) is 54.7 Å². The normalized spacial score (nSPS) is 17.8. The number of fused-ring (bicyclic) bond motifs is 1. The van der Waals surface area contributed by atoms with Crippen LogP contribution in [0.5, 0.6) is 0 Å². The summed E-state index contributed by atoms with van der Waals surface area (Å²) in [6.07, 6.45) is 2.05. The number of alkyl halides is 2. The van der Waals surface area contributed by atoms with Gasteiger partial charge in [0.15, 0.2) is 0 Å². The van der Waals surface area contributed by atoms with Crippen molar-refractivity contribution in [2.45, 2.75) is 32.7 Å². The third kappa shape index (κ3) is 3.74. The van der Waals surface area contributed by atoms with Gasteiger partial charge in [0.25, 0.3) is 6.43 Å². The summed E-state index contributed by atoms with van der Waals surface area (Å²) in [6, 6.07) is 9.58. The molecule has 28 heavy (non-hydrogen) atoms. The van der Waals surface area contributed by atoms with Crippen LogP contribution in [0, 0.1) is 5.92 Å². The van der Waals surface area contributed by atoms with E-state index in [2.05, 4.69) is 34.0 Å². The number of H-pyrrole nitrogens is 1.